The minimum Gasteiger partial charge on any atom is -0.394 e. The quantitative estimate of drug-likeness (QED) is 0.610. The lowest BCUT2D eigenvalue weighted by atomic mass is 10.0. The number of nitrogens with zero attached hydrogens (tertiary/aromatic N) is 1. The second-order valence-electron chi connectivity index (χ2n) is 6.61. The Bertz CT molecular complexity index is 875. The molecule has 7 nitrogen and oxygen atoms in total. The van der Waals surface area contributed by atoms with Gasteiger partial charge < -0.3 is 20.5 Å². The Hall–Kier alpha value is -3.10. The van der Waals surface area contributed by atoms with Crippen molar-refractivity contribution < 1.29 is 23.8 Å². The van der Waals surface area contributed by atoms with E-state index in [1.54, 1.807) is 42.5 Å². The van der Waals surface area contributed by atoms with Gasteiger partial charge in [-0.1, -0.05) is 30.4 Å². The van der Waals surface area contributed by atoms with Gasteiger partial charge in [-0.3, -0.25) is 14.6 Å². The highest BCUT2D eigenvalue weighted by Crippen LogP contribution is 2.16. The summed E-state index contributed by atoms with van der Waals surface area (Å²) >= 11 is 0. The number of amides is 2. The minimum absolute atomic E-state index is 0.0449. The highest BCUT2D eigenvalue weighted by molar-refractivity contribution is 5.92. The lowest BCUT2D eigenvalue weighted by Gasteiger charge is -2.31. The standard InChI is InChI=1S/C21H22FN3O4/c22-15-5-3-4-14(10-15)12-24-20(27)11-16-7-8-17(19(13-26)29-16)25-21(28)18-6-1-2-9-23-18/h1-10,16-17,19,26H,11-13H2,(H,24,27)(H,25,28)/t16-,17+,19-/m0/s1. The van der Waals surface area contributed by atoms with E-state index in [-0.39, 0.29) is 42.9 Å². The first-order valence-corrected chi connectivity index (χ1v) is 9.23. The van der Waals surface area contributed by atoms with Gasteiger partial charge in [0, 0.05) is 12.7 Å². The van der Waals surface area contributed by atoms with Crippen LogP contribution < -0.4 is 10.6 Å². The number of rotatable bonds is 7. The van der Waals surface area contributed by atoms with E-state index >= 15 is 0 Å². The molecule has 0 saturated carbocycles. The number of carbonyl (C=O) groups is 2. The van der Waals surface area contributed by atoms with Crippen molar-refractivity contribution in [3.05, 3.63) is 77.9 Å². The highest BCUT2D eigenvalue weighted by atomic mass is 19.1. The summed E-state index contributed by atoms with van der Waals surface area (Å²) in [6.07, 6.45) is 3.72. The number of halogens is 1. The number of nitrogens with one attached hydrogen (secondary N) is 2. The number of pyridine rings is 1. The molecule has 0 radical (unpaired) electrons. The number of aliphatic hydroxyl groups is 1. The van der Waals surface area contributed by atoms with E-state index in [1.165, 1.54) is 18.3 Å². The van der Waals surface area contributed by atoms with Crippen molar-refractivity contribution in [1.82, 2.24) is 15.6 Å². The van der Waals surface area contributed by atoms with E-state index in [0.29, 0.717) is 5.56 Å². The van der Waals surface area contributed by atoms with Gasteiger partial charge in [0.15, 0.2) is 0 Å². The summed E-state index contributed by atoms with van der Waals surface area (Å²) in [4.78, 5) is 28.4. The Morgan fingerprint density at radius 1 is 1.17 bits per heavy atom. The van der Waals surface area contributed by atoms with Crippen molar-refractivity contribution >= 4 is 11.8 Å². The van der Waals surface area contributed by atoms with Crippen LogP contribution in [0.5, 0.6) is 0 Å². The van der Waals surface area contributed by atoms with Gasteiger partial charge in [-0.15, -0.1) is 0 Å². The second-order valence-corrected chi connectivity index (χ2v) is 6.61. The van der Waals surface area contributed by atoms with E-state index in [2.05, 4.69) is 15.6 Å². The molecule has 2 aromatic rings. The van der Waals surface area contributed by atoms with Crippen LogP contribution in [0.2, 0.25) is 0 Å². The molecule has 0 aliphatic carbocycles. The predicted octanol–water partition coefficient (Wildman–Crippen LogP) is 1.34. The second kappa shape index (κ2) is 9.90. The average molecular weight is 399 g/mol. The van der Waals surface area contributed by atoms with E-state index in [1.807, 2.05) is 0 Å². The smallest absolute Gasteiger partial charge is 0.270 e. The Balaban J connectivity index is 1.52. The van der Waals surface area contributed by atoms with Gasteiger partial charge in [-0.25, -0.2) is 4.39 Å². The molecule has 152 valence electrons. The maximum absolute atomic E-state index is 13.2. The van der Waals surface area contributed by atoms with Crippen LogP contribution in [-0.4, -0.2) is 46.8 Å². The molecular weight excluding hydrogens is 377 g/mol. The summed E-state index contributed by atoms with van der Waals surface area (Å²) in [6.45, 7) is -0.113. The molecule has 0 fully saturated rings. The van der Waals surface area contributed by atoms with Crippen LogP contribution in [0.3, 0.4) is 0 Å². The van der Waals surface area contributed by atoms with Crippen LogP contribution in [0.1, 0.15) is 22.5 Å². The zero-order valence-electron chi connectivity index (χ0n) is 15.6. The average Bonchev–Trinajstić information content (AvgIpc) is 2.74. The van der Waals surface area contributed by atoms with Gasteiger partial charge in [0.05, 0.1) is 25.2 Å². The monoisotopic (exact) mass is 399 g/mol. The van der Waals surface area contributed by atoms with Crippen LogP contribution in [0.15, 0.2) is 60.8 Å². The minimum atomic E-state index is -0.686. The summed E-state index contributed by atoms with van der Waals surface area (Å²) in [7, 11) is 0. The molecule has 3 rings (SSSR count). The maximum Gasteiger partial charge on any atom is 0.270 e. The molecule has 0 saturated heterocycles. The van der Waals surface area contributed by atoms with Crippen molar-refractivity contribution in [2.45, 2.75) is 31.2 Å². The zero-order valence-corrected chi connectivity index (χ0v) is 15.6. The van der Waals surface area contributed by atoms with Crippen LogP contribution in [0.25, 0.3) is 0 Å². The first-order valence-electron chi connectivity index (χ1n) is 9.23. The van der Waals surface area contributed by atoms with Crippen LogP contribution >= 0.6 is 0 Å². The third-order valence-corrected chi connectivity index (χ3v) is 4.42. The van der Waals surface area contributed by atoms with Crippen molar-refractivity contribution in [3.8, 4) is 0 Å². The molecule has 2 amide bonds. The fraction of sp³-hybridized carbons (Fsp3) is 0.286. The number of aromatic nitrogens is 1. The lowest BCUT2D eigenvalue weighted by molar-refractivity contribution is -0.125. The topological polar surface area (TPSA) is 101 Å². The zero-order chi connectivity index (χ0) is 20.6. The summed E-state index contributed by atoms with van der Waals surface area (Å²) in [5.41, 5.74) is 0.917. The van der Waals surface area contributed by atoms with E-state index < -0.39 is 18.2 Å². The number of hydrogen-bond donors (Lipinski definition) is 3. The van der Waals surface area contributed by atoms with Gasteiger partial charge in [-0.05, 0) is 29.8 Å². The normalized spacial score (nSPS) is 20.8. The van der Waals surface area contributed by atoms with Crippen molar-refractivity contribution in [2.75, 3.05) is 6.61 Å². The van der Waals surface area contributed by atoms with Crippen LogP contribution in [0.4, 0.5) is 4.39 Å². The molecule has 3 N–H and O–H groups in total. The Labute approximate surface area is 167 Å². The van der Waals surface area contributed by atoms with Gasteiger partial charge in [0.25, 0.3) is 5.91 Å². The highest BCUT2D eigenvalue weighted by Gasteiger charge is 2.29. The van der Waals surface area contributed by atoms with Gasteiger partial charge >= 0.3 is 0 Å². The fourth-order valence-electron chi connectivity index (χ4n) is 2.96. The van der Waals surface area contributed by atoms with Crippen LogP contribution in [0, 0.1) is 5.82 Å². The number of benzene rings is 1. The molecule has 29 heavy (non-hydrogen) atoms. The lowest BCUT2D eigenvalue weighted by Crippen LogP contribution is -2.49. The molecule has 1 aromatic carbocycles. The Morgan fingerprint density at radius 3 is 2.76 bits per heavy atom. The summed E-state index contributed by atoms with van der Waals surface area (Å²) in [5, 5.41) is 15.1. The third kappa shape index (κ3) is 5.94. The summed E-state index contributed by atoms with van der Waals surface area (Å²) < 4.78 is 18.9. The Morgan fingerprint density at radius 2 is 2.03 bits per heavy atom. The third-order valence-electron chi connectivity index (χ3n) is 4.42. The van der Waals surface area contributed by atoms with Gasteiger partial charge in [0.2, 0.25) is 5.91 Å². The fourth-order valence-corrected chi connectivity index (χ4v) is 2.96. The molecular formula is C21H22FN3O4. The van der Waals surface area contributed by atoms with Gasteiger partial charge in [0.1, 0.15) is 17.6 Å². The summed E-state index contributed by atoms with van der Waals surface area (Å²) in [6, 6.07) is 10.4. The number of hydrogen-bond acceptors (Lipinski definition) is 5. The number of ether oxygens (including phenoxy) is 1. The molecule has 2 heterocycles. The van der Waals surface area contributed by atoms with E-state index in [0.717, 1.165) is 0 Å². The Kier molecular flexibility index (Phi) is 7.04. The molecule has 0 spiro atoms. The molecule has 8 heteroatoms. The first-order chi connectivity index (χ1) is 14.0. The molecule has 1 aliphatic heterocycles. The SMILES string of the molecule is O=C(C[C@@H]1C=C[C@@H](NC(=O)c2ccccn2)[C@H](CO)O1)NCc1cccc(F)c1. The maximum atomic E-state index is 13.2. The van der Waals surface area contributed by atoms with Gasteiger partial charge in [-0.2, -0.15) is 0 Å². The van der Waals surface area contributed by atoms with Crippen molar-refractivity contribution in [3.63, 3.8) is 0 Å². The molecule has 0 unspecified atom stereocenters. The largest absolute Gasteiger partial charge is 0.394 e. The molecule has 1 aromatic heterocycles. The van der Waals surface area contributed by atoms with E-state index in [4.69, 9.17) is 4.74 Å². The first kappa shape index (κ1) is 20.6. The molecule has 1 aliphatic rings. The molecule has 0 bridgehead atoms. The van der Waals surface area contributed by atoms with Crippen LogP contribution in [-0.2, 0) is 16.1 Å². The van der Waals surface area contributed by atoms with Crippen molar-refractivity contribution in [2.24, 2.45) is 0 Å². The van der Waals surface area contributed by atoms with E-state index in [9.17, 15) is 19.1 Å². The predicted molar refractivity (Wildman–Crippen MR) is 103 cm³/mol. The van der Waals surface area contributed by atoms with Crippen molar-refractivity contribution in [1.29, 1.82) is 0 Å². The number of aliphatic hydroxyl groups excluding tert-OH is 1. The summed E-state index contributed by atoms with van der Waals surface area (Å²) in [5.74, 6) is -1.01. The molecule has 3 atom stereocenters. The number of carbonyl (C=O) groups excluding carboxylic acids is 2.